The van der Waals surface area contributed by atoms with Crippen molar-refractivity contribution in [1.29, 1.82) is 0 Å². The first-order valence-electron chi connectivity index (χ1n) is 8.04. The van der Waals surface area contributed by atoms with Crippen LogP contribution in [0.1, 0.15) is 18.2 Å². The largest absolute Gasteiger partial charge is 0.465 e. The molecule has 0 fully saturated rings. The molecule has 0 aliphatic carbocycles. The second-order valence-corrected chi connectivity index (χ2v) is 6.71. The van der Waals surface area contributed by atoms with Crippen molar-refractivity contribution >= 4 is 46.2 Å². The minimum Gasteiger partial charge on any atom is -0.465 e. The number of ether oxygens (including phenoxy) is 1. The molecule has 0 bridgehead atoms. The molecule has 0 saturated carbocycles. The molecule has 6 nitrogen and oxygen atoms in total. The van der Waals surface area contributed by atoms with Gasteiger partial charge in [0.2, 0.25) is 0 Å². The zero-order chi connectivity index (χ0) is 18.1. The van der Waals surface area contributed by atoms with Gasteiger partial charge in [0, 0.05) is 35.6 Å². The Balaban J connectivity index is 2.13. The number of halogens is 2. The van der Waals surface area contributed by atoms with E-state index in [1.165, 1.54) is 4.90 Å². The van der Waals surface area contributed by atoms with Gasteiger partial charge in [-0.2, -0.15) is 0 Å². The van der Waals surface area contributed by atoms with Crippen LogP contribution in [0.2, 0.25) is 10.0 Å². The topological polar surface area (TPSA) is 71.8 Å². The lowest BCUT2D eigenvalue weighted by Gasteiger charge is -2.16. The molecule has 3 rings (SSSR count). The van der Waals surface area contributed by atoms with Crippen molar-refractivity contribution in [1.82, 2.24) is 9.47 Å². The van der Waals surface area contributed by atoms with E-state index in [1.54, 1.807) is 13.0 Å². The number of esters is 1. The lowest BCUT2D eigenvalue weighted by molar-refractivity contribution is -0.143. The number of carbonyl (C=O) groups is 2. The smallest absolute Gasteiger partial charge is 0.407 e. The van der Waals surface area contributed by atoms with E-state index in [4.69, 9.17) is 27.9 Å². The van der Waals surface area contributed by atoms with Crippen molar-refractivity contribution in [3.8, 4) is 0 Å². The summed E-state index contributed by atoms with van der Waals surface area (Å²) in [6, 6.07) is 3.47. The highest BCUT2D eigenvalue weighted by Gasteiger charge is 2.26. The fourth-order valence-electron chi connectivity index (χ4n) is 3.39. The van der Waals surface area contributed by atoms with Crippen molar-refractivity contribution < 1.29 is 19.4 Å². The Hall–Kier alpha value is -1.92. The molecule has 2 aromatic rings. The Morgan fingerprint density at radius 1 is 1.24 bits per heavy atom. The quantitative estimate of drug-likeness (QED) is 0.820. The number of nitrogens with zero attached hydrogens (tertiary/aromatic N) is 2. The highest BCUT2D eigenvalue weighted by Crippen LogP contribution is 2.36. The van der Waals surface area contributed by atoms with Crippen molar-refractivity contribution in [3.05, 3.63) is 33.4 Å². The van der Waals surface area contributed by atoms with E-state index in [1.807, 2.05) is 10.6 Å². The number of rotatable bonds is 3. The lowest BCUT2D eigenvalue weighted by Crippen LogP contribution is -2.32. The molecule has 0 unspecified atom stereocenters. The summed E-state index contributed by atoms with van der Waals surface area (Å²) in [4.78, 5) is 24.7. The maximum Gasteiger partial charge on any atom is 0.407 e. The van der Waals surface area contributed by atoms with Gasteiger partial charge in [0.1, 0.15) is 6.54 Å². The molecule has 1 aliphatic rings. The standard InChI is InChI=1S/C17H18Cl2N2O4/c1-2-25-15(22)9-21-14-4-6-20(17(23)24)5-3-11(14)12-7-10(18)8-13(19)16(12)21/h7-8H,2-6,9H2,1H3,(H,23,24). The monoisotopic (exact) mass is 384 g/mol. The number of hydrogen-bond acceptors (Lipinski definition) is 3. The minimum atomic E-state index is -0.942. The van der Waals surface area contributed by atoms with Crippen molar-refractivity contribution in [3.63, 3.8) is 0 Å². The molecule has 0 atom stereocenters. The van der Waals surface area contributed by atoms with Crippen LogP contribution < -0.4 is 0 Å². The number of benzene rings is 1. The third kappa shape index (κ3) is 3.41. The van der Waals surface area contributed by atoms with Gasteiger partial charge >= 0.3 is 12.1 Å². The van der Waals surface area contributed by atoms with Crippen LogP contribution in [0.25, 0.3) is 10.9 Å². The van der Waals surface area contributed by atoms with Crippen molar-refractivity contribution in [2.45, 2.75) is 26.3 Å². The molecule has 1 aliphatic heterocycles. The number of fused-ring (bicyclic) bond motifs is 3. The highest BCUT2D eigenvalue weighted by molar-refractivity contribution is 6.38. The molecule has 1 aromatic heterocycles. The lowest BCUT2D eigenvalue weighted by atomic mass is 10.1. The third-order valence-corrected chi connectivity index (χ3v) is 4.92. The Morgan fingerprint density at radius 3 is 2.64 bits per heavy atom. The molecule has 0 saturated heterocycles. The van der Waals surface area contributed by atoms with E-state index >= 15 is 0 Å². The van der Waals surface area contributed by atoms with Crippen LogP contribution in [0.5, 0.6) is 0 Å². The fraction of sp³-hybridized carbons (Fsp3) is 0.412. The summed E-state index contributed by atoms with van der Waals surface area (Å²) in [6.07, 6.45) is 0.108. The van der Waals surface area contributed by atoms with E-state index in [-0.39, 0.29) is 12.5 Å². The Labute approximate surface area is 154 Å². The molecule has 134 valence electrons. The molecule has 1 N–H and O–H groups in total. The maximum absolute atomic E-state index is 12.1. The number of carbonyl (C=O) groups excluding carboxylic acids is 1. The van der Waals surface area contributed by atoms with Gasteiger partial charge in [-0.3, -0.25) is 4.79 Å². The third-order valence-electron chi connectivity index (χ3n) is 4.41. The zero-order valence-corrected chi connectivity index (χ0v) is 15.2. The molecule has 0 radical (unpaired) electrons. The van der Waals surface area contributed by atoms with Crippen LogP contribution in [0, 0.1) is 0 Å². The Kier molecular flexibility index (Phi) is 5.11. The Bertz CT molecular complexity index is 847. The zero-order valence-electron chi connectivity index (χ0n) is 13.7. The molecule has 1 amide bonds. The molecule has 8 heteroatoms. The number of carboxylic acid groups (broad SMARTS) is 1. The average molecular weight is 385 g/mol. The van der Waals surface area contributed by atoms with Crippen LogP contribution in [-0.4, -0.2) is 46.3 Å². The predicted molar refractivity (Wildman–Crippen MR) is 95.6 cm³/mol. The number of aromatic nitrogens is 1. The van der Waals surface area contributed by atoms with Gasteiger partial charge in [-0.25, -0.2) is 4.79 Å². The van der Waals surface area contributed by atoms with Crippen molar-refractivity contribution in [2.24, 2.45) is 0 Å². The van der Waals surface area contributed by atoms with E-state index in [9.17, 15) is 14.7 Å². The van der Waals surface area contributed by atoms with Crippen LogP contribution in [0.4, 0.5) is 4.79 Å². The summed E-state index contributed by atoms with van der Waals surface area (Å²) >= 11 is 12.6. The van der Waals surface area contributed by atoms with Gasteiger partial charge < -0.3 is 19.3 Å². The summed E-state index contributed by atoms with van der Waals surface area (Å²) in [6.45, 7) is 2.85. The fourth-order valence-corrected chi connectivity index (χ4v) is 3.98. The average Bonchev–Trinajstić information content (AvgIpc) is 2.70. The van der Waals surface area contributed by atoms with Crippen molar-refractivity contribution in [2.75, 3.05) is 19.7 Å². The van der Waals surface area contributed by atoms with Gasteiger partial charge in [0.15, 0.2) is 0 Å². The van der Waals surface area contributed by atoms with Gasteiger partial charge in [-0.05, 0) is 31.0 Å². The number of amides is 1. The van der Waals surface area contributed by atoms with E-state index in [0.29, 0.717) is 42.6 Å². The summed E-state index contributed by atoms with van der Waals surface area (Å²) in [5, 5.41) is 11.1. The van der Waals surface area contributed by atoms with Gasteiger partial charge in [0.05, 0.1) is 17.1 Å². The first kappa shape index (κ1) is 17.9. The molecule has 25 heavy (non-hydrogen) atoms. The van der Waals surface area contributed by atoms with E-state index < -0.39 is 6.09 Å². The summed E-state index contributed by atoms with van der Waals surface area (Å²) in [5.41, 5.74) is 2.65. The molecular weight excluding hydrogens is 367 g/mol. The second kappa shape index (κ2) is 7.14. The maximum atomic E-state index is 12.1. The Morgan fingerprint density at radius 2 is 1.96 bits per heavy atom. The van der Waals surface area contributed by atoms with Gasteiger partial charge in [-0.1, -0.05) is 23.2 Å². The molecular formula is C17H18Cl2N2O4. The number of hydrogen-bond donors (Lipinski definition) is 1. The van der Waals surface area contributed by atoms with E-state index in [0.717, 1.165) is 22.2 Å². The van der Waals surface area contributed by atoms with Crippen LogP contribution >= 0.6 is 23.2 Å². The summed E-state index contributed by atoms with van der Waals surface area (Å²) < 4.78 is 6.92. The molecule has 1 aromatic carbocycles. The van der Waals surface area contributed by atoms with Gasteiger partial charge in [-0.15, -0.1) is 0 Å². The minimum absolute atomic E-state index is 0.0358. The summed E-state index contributed by atoms with van der Waals surface area (Å²) in [5.74, 6) is -0.354. The first-order chi connectivity index (χ1) is 11.9. The second-order valence-electron chi connectivity index (χ2n) is 5.87. The first-order valence-corrected chi connectivity index (χ1v) is 8.80. The predicted octanol–water partition coefficient (Wildman–Crippen LogP) is 3.59. The van der Waals surface area contributed by atoms with E-state index in [2.05, 4.69) is 0 Å². The molecule has 2 heterocycles. The van der Waals surface area contributed by atoms with Gasteiger partial charge in [0.25, 0.3) is 0 Å². The normalized spacial score (nSPS) is 14.3. The summed E-state index contributed by atoms with van der Waals surface area (Å²) in [7, 11) is 0. The van der Waals surface area contributed by atoms with Crippen LogP contribution in [-0.2, 0) is 28.9 Å². The SMILES string of the molecule is CCOC(=O)Cn1c2c(c3cc(Cl)cc(Cl)c31)CCN(C(=O)O)CC2. The van der Waals surface area contributed by atoms with Crippen LogP contribution in [0.15, 0.2) is 12.1 Å². The van der Waals surface area contributed by atoms with Crippen LogP contribution in [0.3, 0.4) is 0 Å². The highest BCUT2D eigenvalue weighted by atomic mass is 35.5. The molecule has 0 spiro atoms.